The topological polar surface area (TPSA) is 12.0 Å². The molecule has 0 spiro atoms. The molecule has 2 aromatic carbocycles. The quantitative estimate of drug-likeness (QED) is 0.681. The van der Waals surface area contributed by atoms with Gasteiger partial charge in [0.2, 0.25) is 0 Å². The lowest BCUT2D eigenvalue weighted by atomic mass is 10.0. The van der Waals surface area contributed by atoms with Gasteiger partial charge >= 0.3 is 0 Å². The molecule has 0 bridgehead atoms. The highest BCUT2D eigenvalue weighted by Gasteiger charge is 2.10. The van der Waals surface area contributed by atoms with Crippen LogP contribution in [0, 0.1) is 0 Å². The molecule has 0 unspecified atom stereocenters. The molecule has 1 nitrogen and oxygen atoms in total. The van der Waals surface area contributed by atoms with Gasteiger partial charge in [0.05, 0.1) is 5.69 Å². The maximum absolute atomic E-state index is 3.60. The van der Waals surface area contributed by atoms with Crippen LogP contribution in [0.25, 0.3) is 17.7 Å². The van der Waals surface area contributed by atoms with E-state index in [-0.39, 0.29) is 0 Å². The number of hydrogen-bond acceptors (Lipinski definition) is 1. The standard InChI is InChI=1S/C17H13Br2N/c1-20-17-15(18)9-11(10-16(17)19)8-13-7-6-12-4-2-3-5-14(12)13/h2-10,20H,1H3/b13-8+. The fraction of sp³-hybridized carbons (Fsp3) is 0.0588. The van der Waals surface area contributed by atoms with Crippen LogP contribution in [0.3, 0.4) is 0 Å². The molecule has 0 atom stereocenters. The van der Waals surface area contributed by atoms with E-state index in [1.807, 2.05) is 7.05 Å². The smallest absolute Gasteiger partial charge is 0.0626 e. The summed E-state index contributed by atoms with van der Waals surface area (Å²) >= 11 is 7.20. The summed E-state index contributed by atoms with van der Waals surface area (Å²) in [6.45, 7) is 0. The zero-order valence-corrected chi connectivity index (χ0v) is 14.1. The summed E-state index contributed by atoms with van der Waals surface area (Å²) in [4.78, 5) is 0. The van der Waals surface area contributed by atoms with Crippen LogP contribution in [0.15, 0.2) is 51.4 Å². The van der Waals surface area contributed by atoms with Crippen molar-refractivity contribution in [1.82, 2.24) is 0 Å². The van der Waals surface area contributed by atoms with Crippen molar-refractivity contribution in [3.05, 3.63) is 68.1 Å². The molecule has 0 aliphatic heterocycles. The molecule has 0 aromatic heterocycles. The summed E-state index contributed by atoms with van der Waals surface area (Å²) in [5.41, 5.74) is 6.05. The van der Waals surface area contributed by atoms with Crippen LogP contribution in [0.1, 0.15) is 16.7 Å². The molecule has 0 saturated heterocycles. The van der Waals surface area contributed by atoms with Crippen LogP contribution in [-0.4, -0.2) is 7.05 Å². The van der Waals surface area contributed by atoms with E-state index in [0.29, 0.717) is 0 Å². The van der Waals surface area contributed by atoms with Gasteiger partial charge in [-0.25, -0.2) is 0 Å². The summed E-state index contributed by atoms with van der Waals surface area (Å²) in [5, 5.41) is 3.17. The van der Waals surface area contributed by atoms with Crippen molar-refractivity contribution < 1.29 is 0 Å². The van der Waals surface area contributed by atoms with Crippen molar-refractivity contribution in [2.45, 2.75) is 0 Å². The average molecular weight is 391 g/mol. The average Bonchev–Trinajstić information content (AvgIpc) is 2.82. The number of hydrogen-bond donors (Lipinski definition) is 1. The van der Waals surface area contributed by atoms with Gasteiger partial charge in [0.1, 0.15) is 0 Å². The molecular weight excluding hydrogens is 378 g/mol. The Balaban J connectivity index is 2.05. The molecule has 3 heteroatoms. The van der Waals surface area contributed by atoms with E-state index in [4.69, 9.17) is 0 Å². The molecule has 0 radical (unpaired) electrons. The monoisotopic (exact) mass is 389 g/mol. The molecule has 0 fully saturated rings. The lowest BCUT2D eigenvalue weighted by molar-refractivity contribution is 1.45. The van der Waals surface area contributed by atoms with E-state index in [1.54, 1.807) is 0 Å². The van der Waals surface area contributed by atoms with Crippen molar-refractivity contribution in [3.8, 4) is 0 Å². The first-order chi connectivity index (χ1) is 9.69. The predicted molar refractivity (Wildman–Crippen MR) is 94.7 cm³/mol. The van der Waals surface area contributed by atoms with E-state index < -0.39 is 0 Å². The molecule has 0 saturated carbocycles. The van der Waals surface area contributed by atoms with E-state index in [1.165, 1.54) is 22.3 Å². The maximum Gasteiger partial charge on any atom is 0.0626 e. The second kappa shape index (κ2) is 5.58. The van der Waals surface area contributed by atoms with Crippen molar-refractivity contribution in [1.29, 1.82) is 0 Å². The van der Waals surface area contributed by atoms with Crippen LogP contribution >= 0.6 is 31.9 Å². The minimum absolute atomic E-state index is 1.05. The van der Waals surface area contributed by atoms with Gasteiger partial charge in [-0.2, -0.15) is 0 Å². The molecule has 1 aliphatic carbocycles. The van der Waals surface area contributed by atoms with Crippen LogP contribution in [0.2, 0.25) is 0 Å². The van der Waals surface area contributed by atoms with Crippen LogP contribution in [-0.2, 0) is 0 Å². The molecular formula is C17H13Br2N. The number of rotatable bonds is 2. The Morgan fingerprint density at radius 2 is 1.70 bits per heavy atom. The third-order valence-corrected chi connectivity index (χ3v) is 4.60. The highest BCUT2D eigenvalue weighted by atomic mass is 79.9. The van der Waals surface area contributed by atoms with Crippen molar-refractivity contribution in [2.24, 2.45) is 0 Å². The Kier molecular flexibility index (Phi) is 3.81. The zero-order chi connectivity index (χ0) is 14.1. The Morgan fingerprint density at radius 1 is 1.00 bits per heavy atom. The Morgan fingerprint density at radius 3 is 2.40 bits per heavy atom. The second-order valence-electron chi connectivity index (χ2n) is 4.63. The number of halogens is 2. The lowest BCUT2D eigenvalue weighted by Gasteiger charge is -2.08. The Labute approximate surface area is 135 Å². The maximum atomic E-state index is 3.60. The SMILES string of the molecule is CNc1c(Br)cc(/C=C2\C=Cc3ccccc32)cc1Br. The second-order valence-corrected chi connectivity index (χ2v) is 6.34. The largest absolute Gasteiger partial charge is 0.386 e. The highest BCUT2D eigenvalue weighted by molar-refractivity contribution is 9.11. The van der Waals surface area contributed by atoms with Crippen molar-refractivity contribution >= 4 is 55.3 Å². The highest BCUT2D eigenvalue weighted by Crippen LogP contribution is 2.35. The lowest BCUT2D eigenvalue weighted by Crippen LogP contribution is -1.91. The number of allylic oxidation sites excluding steroid dienone is 2. The Bertz CT molecular complexity index is 707. The van der Waals surface area contributed by atoms with Crippen LogP contribution < -0.4 is 5.32 Å². The molecule has 1 aliphatic rings. The first-order valence-corrected chi connectivity index (χ1v) is 7.93. The zero-order valence-electron chi connectivity index (χ0n) is 11.0. The van der Waals surface area contributed by atoms with Gasteiger partial charge < -0.3 is 5.32 Å². The molecule has 1 N–H and O–H groups in total. The minimum Gasteiger partial charge on any atom is -0.386 e. The van der Waals surface area contributed by atoms with E-state index in [2.05, 4.69) is 91.8 Å². The van der Waals surface area contributed by atoms with Gasteiger partial charge in [-0.15, -0.1) is 0 Å². The number of anilines is 1. The molecule has 3 rings (SSSR count). The van der Waals surface area contributed by atoms with Gasteiger partial charge in [-0.3, -0.25) is 0 Å². The molecule has 0 heterocycles. The van der Waals surface area contributed by atoms with E-state index in [0.717, 1.165) is 14.6 Å². The molecule has 100 valence electrons. The molecule has 20 heavy (non-hydrogen) atoms. The van der Waals surface area contributed by atoms with Gasteiger partial charge in [0.25, 0.3) is 0 Å². The van der Waals surface area contributed by atoms with Crippen molar-refractivity contribution in [3.63, 3.8) is 0 Å². The summed E-state index contributed by atoms with van der Waals surface area (Å²) in [5.74, 6) is 0. The van der Waals surface area contributed by atoms with Crippen molar-refractivity contribution in [2.75, 3.05) is 12.4 Å². The van der Waals surface area contributed by atoms with Gasteiger partial charge in [-0.05, 0) is 72.3 Å². The van der Waals surface area contributed by atoms with E-state index in [9.17, 15) is 0 Å². The third-order valence-electron chi connectivity index (χ3n) is 3.35. The first kappa shape index (κ1) is 13.7. The number of fused-ring (bicyclic) bond motifs is 1. The van der Waals surface area contributed by atoms with Crippen LogP contribution in [0.5, 0.6) is 0 Å². The summed E-state index contributed by atoms with van der Waals surface area (Å²) in [6, 6.07) is 12.7. The summed E-state index contributed by atoms with van der Waals surface area (Å²) < 4.78 is 2.10. The molecule has 0 amide bonds. The minimum atomic E-state index is 1.05. The van der Waals surface area contributed by atoms with E-state index >= 15 is 0 Å². The first-order valence-electron chi connectivity index (χ1n) is 6.35. The summed E-state index contributed by atoms with van der Waals surface area (Å²) in [7, 11) is 1.92. The summed E-state index contributed by atoms with van der Waals surface area (Å²) in [6.07, 6.45) is 6.53. The molecule has 2 aromatic rings. The predicted octanol–water partition coefficient (Wildman–Crippen LogP) is 5.82. The van der Waals surface area contributed by atoms with Gasteiger partial charge in [0, 0.05) is 16.0 Å². The van der Waals surface area contributed by atoms with Gasteiger partial charge in [-0.1, -0.05) is 36.4 Å². The fourth-order valence-corrected chi connectivity index (χ4v) is 4.01. The number of benzene rings is 2. The van der Waals surface area contributed by atoms with Crippen LogP contribution in [0.4, 0.5) is 5.69 Å². The Hall–Kier alpha value is -1.32. The van der Waals surface area contributed by atoms with Gasteiger partial charge in [0.15, 0.2) is 0 Å². The fourth-order valence-electron chi connectivity index (χ4n) is 2.39. The number of nitrogens with one attached hydrogen (secondary N) is 1. The third kappa shape index (κ3) is 2.48. The normalized spacial score (nSPS) is 14.7.